The van der Waals surface area contributed by atoms with Crippen LogP contribution in [0.15, 0.2) is 66.7 Å². The van der Waals surface area contributed by atoms with Crippen LogP contribution < -0.4 is 14.4 Å². The van der Waals surface area contributed by atoms with E-state index in [4.69, 9.17) is 4.74 Å². The third kappa shape index (κ3) is 6.26. The fourth-order valence-corrected chi connectivity index (χ4v) is 5.48. The van der Waals surface area contributed by atoms with Gasteiger partial charge in [0.2, 0.25) is 10.0 Å². The first-order chi connectivity index (χ1) is 17.2. The highest BCUT2D eigenvalue weighted by molar-refractivity contribution is 7.92. The maximum absolute atomic E-state index is 12.9. The lowest BCUT2D eigenvalue weighted by Crippen LogP contribution is -2.29. The van der Waals surface area contributed by atoms with Gasteiger partial charge in [-0.1, -0.05) is 30.3 Å². The molecule has 0 heterocycles. The van der Waals surface area contributed by atoms with Crippen LogP contribution in [0.3, 0.4) is 0 Å². The second kappa shape index (κ2) is 11.2. The number of sulfonamides is 1. The van der Waals surface area contributed by atoms with Crippen LogP contribution in [0.1, 0.15) is 65.3 Å². The van der Waals surface area contributed by atoms with E-state index in [0.717, 1.165) is 24.0 Å². The minimum atomic E-state index is -3.51. The Labute approximate surface area is 214 Å². The first kappa shape index (κ1) is 25.8. The quantitative estimate of drug-likeness (QED) is 0.420. The monoisotopic (exact) mass is 506 g/mol. The van der Waals surface area contributed by atoms with Crippen molar-refractivity contribution in [3.8, 4) is 5.75 Å². The zero-order chi connectivity index (χ0) is 25.7. The molecular formula is C29H34N2O4S. The van der Waals surface area contributed by atoms with E-state index in [1.807, 2.05) is 13.8 Å². The molecule has 1 N–H and O–H groups in total. The second-order valence-electron chi connectivity index (χ2n) is 9.32. The Balaban J connectivity index is 1.43. The van der Waals surface area contributed by atoms with Gasteiger partial charge in [-0.15, -0.1) is 0 Å². The number of fused-ring (bicyclic) bond motifs is 1. The molecule has 0 saturated heterocycles. The number of hydrogen-bond acceptors (Lipinski definition) is 4. The molecule has 4 rings (SSSR count). The number of benzene rings is 3. The SMILES string of the molecule is CCOc1ccc(N(Cc2ccc(C(=O)N[C@H](C)c3ccc4c(c3)CCCC4)cc2)S(C)(=O)=O)cc1. The fraction of sp³-hybridized carbons (Fsp3) is 0.345. The maximum atomic E-state index is 12.9. The van der Waals surface area contributed by atoms with Crippen molar-refractivity contribution in [2.24, 2.45) is 0 Å². The summed E-state index contributed by atoms with van der Waals surface area (Å²) in [7, 11) is -3.51. The number of hydrogen-bond donors (Lipinski definition) is 1. The Bertz CT molecular complexity index is 1300. The molecule has 1 aliphatic carbocycles. The molecule has 0 bridgehead atoms. The molecule has 3 aromatic rings. The molecule has 190 valence electrons. The third-order valence-electron chi connectivity index (χ3n) is 6.60. The molecule has 7 heteroatoms. The highest BCUT2D eigenvalue weighted by atomic mass is 32.2. The number of ether oxygens (including phenoxy) is 1. The minimum Gasteiger partial charge on any atom is -0.494 e. The van der Waals surface area contributed by atoms with Gasteiger partial charge in [0.1, 0.15) is 5.75 Å². The van der Waals surface area contributed by atoms with Gasteiger partial charge in [-0.3, -0.25) is 9.10 Å². The summed E-state index contributed by atoms with van der Waals surface area (Å²) in [6.45, 7) is 4.61. The van der Waals surface area contributed by atoms with Crippen molar-refractivity contribution in [1.29, 1.82) is 0 Å². The van der Waals surface area contributed by atoms with Gasteiger partial charge in [0.25, 0.3) is 5.91 Å². The average molecular weight is 507 g/mol. The van der Waals surface area contributed by atoms with Crippen molar-refractivity contribution < 1.29 is 17.9 Å². The summed E-state index contributed by atoms with van der Waals surface area (Å²) in [5.74, 6) is 0.535. The number of nitrogens with zero attached hydrogens (tertiary/aromatic N) is 1. The van der Waals surface area contributed by atoms with Crippen molar-refractivity contribution in [3.05, 3.63) is 94.5 Å². The van der Waals surface area contributed by atoms with Crippen molar-refractivity contribution in [2.45, 2.75) is 52.1 Å². The van der Waals surface area contributed by atoms with Crippen molar-refractivity contribution in [1.82, 2.24) is 5.32 Å². The van der Waals surface area contributed by atoms with Gasteiger partial charge < -0.3 is 10.1 Å². The van der Waals surface area contributed by atoms with Crippen LogP contribution in [0.25, 0.3) is 0 Å². The molecule has 1 atom stereocenters. The number of nitrogens with one attached hydrogen (secondary N) is 1. The Kier molecular flexibility index (Phi) is 7.99. The molecule has 36 heavy (non-hydrogen) atoms. The lowest BCUT2D eigenvalue weighted by molar-refractivity contribution is 0.0940. The van der Waals surface area contributed by atoms with Gasteiger partial charge in [0.05, 0.1) is 31.1 Å². The predicted octanol–water partition coefficient (Wildman–Crippen LogP) is 5.42. The van der Waals surface area contributed by atoms with Crippen LogP contribution in [0.2, 0.25) is 0 Å². The van der Waals surface area contributed by atoms with Crippen molar-refractivity contribution in [2.75, 3.05) is 17.2 Å². The van der Waals surface area contributed by atoms with E-state index in [1.165, 1.54) is 34.5 Å². The van der Waals surface area contributed by atoms with Gasteiger partial charge in [-0.25, -0.2) is 8.42 Å². The molecule has 3 aromatic carbocycles. The van der Waals surface area contributed by atoms with Crippen LogP contribution in [0, 0.1) is 0 Å². The van der Waals surface area contributed by atoms with E-state index in [1.54, 1.807) is 48.5 Å². The van der Waals surface area contributed by atoms with Crippen LogP contribution in [-0.4, -0.2) is 27.2 Å². The number of rotatable bonds is 9. The highest BCUT2D eigenvalue weighted by Gasteiger charge is 2.19. The summed E-state index contributed by atoms with van der Waals surface area (Å²) in [5.41, 5.74) is 5.81. The Hall–Kier alpha value is -3.32. The molecule has 6 nitrogen and oxygen atoms in total. The fourth-order valence-electron chi connectivity index (χ4n) is 4.59. The van der Waals surface area contributed by atoms with Gasteiger partial charge >= 0.3 is 0 Å². The summed E-state index contributed by atoms with van der Waals surface area (Å²) in [6, 6.07) is 20.5. The molecule has 0 fully saturated rings. The van der Waals surface area contributed by atoms with E-state index in [2.05, 4.69) is 23.5 Å². The van der Waals surface area contributed by atoms with Gasteiger partial charge in [0, 0.05) is 5.56 Å². The molecular weight excluding hydrogens is 472 g/mol. The lowest BCUT2D eigenvalue weighted by Gasteiger charge is -2.23. The van der Waals surface area contributed by atoms with E-state index in [0.29, 0.717) is 23.6 Å². The standard InChI is InChI=1S/C29H34N2O4S/c1-4-35-28-17-15-27(16-18-28)31(36(3,33)34)20-22-9-11-24(12-10-22)29(32)30-21(2)25-14-13-23-7-5-6-8-26(23)19-25/h9-19,21H,4-8,20H2,1-3H3,(H,30,32)/t21-/m1/s1. The molecule has 0 aliphatic heterocycles. The van der Waals surface area contributed by atoms with Crippen LogP contribution in [0.5, 0.6) is 5.75 Å². The third-order valence-corrected chi connectivity index (χ3v) is 7.74. The summed E-state index contributed by atoms with van der Waals surface area (Å²) >= 11 is 0. The lowest BCUT2D eigenvalue weighted by atomic mass is 9.89. The number of aryl methyl sites for hydroxylation is 2. The summed E-state index contributed by atoms with van der Waals surface area (Å²) in [5, 5.41) is 3.09. The molecule has 0 radical (unpaired) electrons. The van der Waals surface area contributed by atoms with E-state index in [9.17, 15) is 13.2 Å². The Morgan fingerprint density at radius 3 is 2.28 bits per heavy atom. The summed E-state index contributed by atoms with van der Waals surface area (Å²) in [4.78, 5) is 12.9. The highest BCUT2D eigenvalue weighted by Crippen LogP contribution is 2.26. The summed E-state index contributed by atoms with van der Waals surface area (Å²) in [6.07, 6.45) is 5.90. The zero-order valence-electron chi connectivity index (χ0n) is 21.2. The zero-order valence-corrected chi connectivity index (χ0v) is 22.0. The largest absolute Gasteiger partial charge is 0.494 e. The first-order valence-corrected chi connectivity index (χ1v) is 14.3. The summed E-state index contributed by atoms with van der Waals surface area (Å²) < 4.78 is 31.8. The topological polar surface area (TPSA) is 75.7 Å². The Morgan fingerprint density at radius 2 is 1.64 bits per heavy atom. The molecule has 0 unspecified atom stereocenters. The average Bonchev–Trinajstić information content (AvgIpc) is 2.87. The molecule has 1 aliphatic rings. The normalized spacial score (nSPS) is 14.0. The first-order valence-electron chi connectivity index (χ1n) is 12.5. The number of anilines is 1. The van der Waals surface area contributed by atoms with Crippen LogP contribution >= 0.6 is 0 Å². The second-order valence-corrected chi connectivity index (χ2v) is 11.2. The molecule has 0 saturated carbocycles. The Morgan fingerprint density at radius 1 is 0.972 bits per heavy atom. The number of amides is 1. The molecule has 1 amide bonds. The maximum Gasteiger partial charge on any atom is 0.251 e. The van der Waals surface area contributed by atoms with Crippen LogP contribution in [0.4, 0.5) is 5.69 Å². The van der Waals surface area contributed by atoms with E-state index in [-0.39, 0.29) is 18.5 Å². The molecule has 0 spiro atoms. The molecule has 0 aromatic heterocycles. The minimum absolute atomic E-state index is 0.107. The number of carbonyl (C=O) groups is 1. The van der Waals surface area contributed by atoms with E-state index >= 15 is 0 Å². The predicted molar refractivity (Wildman–Crippen MR) is 144 cm³/mol. The van der Waals surface area contributed by atoms with Gasteiger partial charge in [-0.2, -0.15) is 0 Å². The smallest absolute Gasteiger partial charge is 0.251 e. The van der Waals surface area contributed by atoms with Crippen LogP contribution in [-0.2, 0) is 29.4 Å². The van der Waals surface area contributed by atoms with Crippen molar-refractivity contribution >= 4 is 21.6 Å². The van der Waals surface area contributed by atoms with E-state index < -0.39 is 10.0 Å². The van der Waals surface area contributed by atoms with Gasteiger partial charge in [0.15, 0.2) is 0 Å². The number of carbonyl (C=O) groups excluding carboxylic acids is 1. The van der Waals surface area contributed by atoms with Gasteiger partial charge in [-0.05, 0) is 98.2 Å². The van der Waals surface area contributed by atoms with Crippen molar-refractivity contribution in [3.63, 3.8) is 0 Å².